The molecule has 0 aliphatic carbocycles. The Hall–Kier alpha value is -1.59. The zero-order valence-electron chi connectivity index (χ0n) is 13.0. The third-order valence-corrected chi connectivity index (χ3v) is 4.08. The van der Waals surface area contributed by atoms with Gasteiger partial charge in [-0.05, 0) is 26.1 Å². The molecule has 1 aliphatic heterocycles. The van der Waals surface area contributed by atoms with Gasteiger partial charge in [0.25, 0.3) is 0 Å². The summed E-state index contributed by atoms with van der Waals surface area (Å²) in [5.41, 5.74) is 2.27. The van der Waals surface area contributed by atoms with Crippen molar-refractivity contribution in [1.29, 1.82) is 0 Å². The molecule has 0 atom stereocenters. The number of benzene rings is 1. The van der Waals surface area contributed by atoms with Gasteiger partial charge >= 0.3 is 0 Å². The van der Waals surface area contributed by atoms with Gasteiger partial charge in [0.1, 0.15) is 0 Å². The Morgan fingerprint density at radius 3 is 2.67 bits per heavy atom. The molecule has 0 unspecified atom stereocenters. The average molecular weight is 288 g/mol. The lowest BCUT2D eigenvalue weighted by molar-refractivity contribution is 0.140. The highest BCUT2D eigenvalue weighted by molar-refractivity contribution is 5.78. The van der Waals surface area contributed by atoms with Crippen LogP contribution in [0.3, 0.4) is 0 Å². The second-order valence-corrected chi connectivity index (χ2v) is 5.54. The van der Waals surface area contributed by atoms with E-state index >= 15 is 0 Å². The van der Waals surface area contributed by atoms with Gasteiger partial charge in [0.15, 0.2) is 0 Å². The number of fused-ring (bicyclic) bond motifs is 1. The Kier molecular flexibility index (Phi) is 4.41. The molecule has 0 spiro atoms. The molecule has 21 heavy (non-hydrogen) atoms. The molecule has 2 aromatic rings. The van der Waals surface area contributed by atoms with Crippen molar-refractivity contribution in [1.82, 2.24) is 14.5 Å². The number of hydrogen-bond acceptors (Lipinski definition) is 4. The van der Waals surface area contributed by atoms with E-state index in [0.717, 1.165) is 57.4 Å². The lowest BCUT2D eigenvalue weighted by Gasteiger charge is -2.33. The molecule has 2 heterocycles. The number of hydrogen-bond donors (Lipinski definition) is 0. The van der Waals surface area contributed by atoms with Crippen molar-refractivity contribution < 1.29 is 4.74 Å². The molecule has 0 radical (unpaired) electrons. The quantitative estimate of drug-likeness (QED) is 0.786. The van der Waals surface area contributed by atoms with Crippen molar-refractivity contribution in [3.63, 3.8) is 0 Å². The molecular weight excluding hydrogens is 264 g/mol. The fourth-order valence-electron chi connectivity index (χ4n) is 2.83. The van der Waals surface area contributed by atoms with Crippen LogP contribution in [0.15, 0.2) is 24.3 Å². The molecule has 114 valence electrons. The number of piperazine rings is 1. The third-order valence-electron chi connectivity index (χ3n) is 4.08. The first kappa shape index (κ1) is 14.4. The molecule has 5 heteroatoms. The Labute approximate surface area is 126 Å². The van der Waals surface area contributed by atoms with Crippen LogP contribution in [0.4, 0.5) is 5.95 Å². The number of aromatic nitrogens is 2. The van der Waals surface area contributed by atoms with E-state index in [1.807, 2.05) is 6.92 Å². The minimum absolute atomic E-state index is 0.734. The summed E-state index contributed by atoms with van der Waals surface area (Å²) in [4.78, 5) is 9.61. The van der Waals surface area contributed by atoms with Crippen molar-refractivity contribution in [2.75, 3.05) is 51.3 Å². The van der Waals surface area contributed by atoms with Gasteiger partial charge in [-0.15, -0.1) is 0 Å². The minimum Gasteiger partial charge on any atom is -0.380 e. The van der Waals surface area contributed by atoms with Gasteiger partial charge in [-0.2, -0.15) is 0 Å². The van der Waals surface area contributed by atoms with E-state index in [1.165, 1.54) is 5.52 Å². The van der Waals surface area contributed by atoms with Gasteiger partial charge in [0.05, 0.1) is 17.6 Å². The SMILES string of the molecule is CCOCCn1c(N2CCN(C)CC2)nc2ccccc21. The van der Waals surface area contributed by atoms with Crippen LogP contribution < -0.4 is 4.90 Å². The fourth-order valence-corrected chi connectivity index (χ4v) is 2.83. The van der Waals surface area contributed by atoms with Crippen LogP contribution >= 0.6 is 0 Å². The molecule has 1 saturated heterocycles. The summed E-state index contributed by atoms with van der Waals surface area (Å²) in [6, 6.07) is 8.37. The standard InChI is InChI=1S/C16H24N4O/c1-3-21-13-12-20-15-7-5-4-6-14(15)17-16(20)19-10-8-18(2)9-11-19/h4-7H,3,8-13H2,1-2H3. The van der Waals surface area contributed by atoms with E-state index in [4.69, 9.17) is 9.72 Å². The van der Waals surface area contributed by atoms with E-state index in [2.05, 4.69) is 45.7 Å². The summed E-state index contributed by atoms with van der Waals surface area (Å²) in [5.74, 6) is 1.09. The number of ether oxygens (including phenoxy) is 1. The van der Waals surface area contributed by atoms with Crippen molar-refractivity contribution >= 4 is 17.0 Å². The zero-order chi connectivity index (χ0) is 14.7. The van der Waals surface area contributed by atoms with Crippen molar-refractivity contribution in [3.8, 4) is 0 Å². The first-order chi connectivity index (χ1) is 10.3. The van der Waals surface area contributed by atoms with Crippen molar-refractivity contribution in [2.45, 2.75) is 13.5 Å². The lowest BCUT2D eigenvalue weighted by atomic mass is 10.3. The number of rotatable bonds is 5. The summed E-state index contributed by atoms with van der Waals surface area (Å²) in [7, 11) is 2.18. The lowest BCUT2D eigenvalue weighted by Crippen LogP contribution is -2.45. The Balaban J connectivity index is 1.90. The molecule has 1 fully saturated rings. The molecule has 0 amide bonds. The highest BCUT2D eigenvalue weighted by Gasteiger charge is 2.20. The molecule has 0 bridgehead atoms. The number of imidazole rings is 1. The highest BCUT2D eigenvalue weighted by Crippen LogP contribution is 2.23. The average Bonchev–Trinajstić information content (AvgIpc) is 2.87. The van der Waals surface area contributed by atoms with Crippen molar-refractivity contribution in [3.05, 3.63) is 24.3 Å². The second-order valence-electron chi connectivity index (χ2n) is 5.54. The Bertz CT molecular complexity index is 587. The summed E-state index contributed by atoms with van der Waals surface area (Å²) in [5, 5.41) is 0. The van der Waals surface area contributed by atoms with Gasteiger partial charge in [0.2, 0.25) is 5.95 Å². The number of nitrogens with zero attached hydrogens (tertiary/aromatic N) is 4. The summed E-state index contributed by atoms with van der Waals surface area (Å²) < 4.78 is 7.84. The van der Waals surface area contributed by atoms with Crippen LogP contribution in [0.25, 0.3) is 11.0 Å². The van der Waals surface area contributed by atoms with E-state index in [-0.39, 0.29) is 0 Å². The first-order valence-corrected chi connectivity index (χ1v) is 7.76. The van der Waals surface area contributed by atoms with E-state index in [1.54, 1.807) is 0 Å². The van der Waals surface area contributed by atoms with Crippen molar-refractivity contribution in [2.24, 2.45) is 0 Å². The molecule has 1 aromatic carbocycles. The van der Waals surface area contributed by atoms with Crippen LogP contribution in [0.1, 0.15) is 6.92 Å². The van der Waals surface area contributed by atoms with Crippen LogP contribution in [0.2, 0.25) is 0 Å². The largest absolute Gasteiger partial charge is 0.380 e. The van der Waals surface area contributed by atoms with Gasteiger partial charge in [-0.25, -0.2) is 4.98 Å². The summed E-state index contributed by atoms with van der Waals surface area (Å²) >= 11 is 0. The Morgan fingerprint density at radius 2 is 1.90 bits per heavy atom. The van der Waals surface area contributed by atoms with Gasteiger partial charge in [-0.3, -0.25) is 0 Å². The number of likely N-dealkylation sites (N-methyl/N-ethyl adjacent to an activating group) is 1. The molecule has 3 rings (SSSR count). The molecule has 5 nitrogen and oxygen atoms in total. The first-order valence-electron chi connectivity index (χ1n) is 7.76. The van der Waals surface area contributed by atoms with E-state index < -0.39 is 0 Å². The highest BCUT2D eigenvalue weighted by atomic mass is 16.5. The summed E-state index contributed by atoms with van der Waals surface area (Å²) in [6.45, 7) is 8.64. The smallest absolute Gasteiger partial charge is 0.206 e. The fraction of sp³-hybridized carbons (Fsp3) is 0.562. The maximum Gasteiger partial charge on any atom is 0.206 e. The maximum absolute atomic E-state index is 5.54. The monoisotopic (exact) mass is 288 g/mol. The summed E-state index contributed by atoms with van der Waals surface area (Å²) in [6.07, 6.45) is 0. The minimum atomic E-state index is 0.734. The predicted octanol–water partition coefficient (Wildman–Crippen LogP) is 1.82. The van der Waals surface area contributed by atoms with E-state index in [9.17, 15) is 0 Å². The van der Waals surface area contributed by atoms with Gasteiger partial charge < -0.3 is 19.1 Å². The van der Waals surface area contributed by atoms with Crippen LogP contribution in [-0.2, 0) is 11.3 Å². The second kappa shape index (κ2) is 6.45. The van der Waals surface area contributed by atoms with Crippen LogP contribution in [0, 0.1) is 0 Å². The molecule has 0 saturated carbocycles. The molecular formula is C16H24N4O. The topological polar surface area (TPSA) is 33.5 Å². The maximum atomic E-state index is 5.54. The van der Waals surface area contributed by atoms with Crippen LogP contribution in [0.5, 0.6) is 0 Å². The normalized spacial score (nSPS) is 16.8. The molecule has 1 aromatic heterocycles. The predicted molar refractivity (Wildman–Crippen MR) is 85.9 cm³/mol. The molecule has 0 N–H and O–H groups in total. The van der Waals surface area contributed by atoms with Crippen LogP contribution in [-0.4, -0.2) is 60.9 Å². The number of para-hydroxylation sites is 2. The van der Waals surface area contributed by atoms with E-state index in [0.29, 0.717) is 0 Å². The van der Waals surface area contributed by atoms with Gasteiger partial charge in [0, 0.05) is 39.3 Å². The van der Waals surface area contributed by atoms with Gasteiger partial charge in [-0.1, -0.05) is 12.1 Å². The molecule has 1 aliphatic rings. The third kappa shape index (κ3) is 3.04. The Morgan fingerprint density at radius 1 is 1.14 bits per heavy atom. The number of anilines is 1. The zero-order valence-corrected chi connectivity index (χ0v) is 13.0.